The Morgan fingerprint density at radius 2 is 2.22 bits per heavy atom. The molecule has 23 heavy (non-hydrogen) atoms. The van der Waals surface area contributed by atoms with Crippen molar-refractivity contribution in [2.75, 3.05) is 48.0 Å². The van der Waals surface area contributed by atoms with E-state index in [1.165, 1.54) is 0 Å². The lowest BCUT2D eigenvalue weighted by Gasteiger charge is -2.38. The number of piperazine rings is 1. The number of fused-ring (bicyclic) bond motifs is 1. The van der Waals surface area contributed by atoms with Crippen molar-refractivity contribution in [1.82, 2.24) is 15.3 Å². The lowest BCUT2D eigenvalue weighted by atomic mass is 10.1. The number of hydrogen-bond acceptors (Lipinski definition) is 7. The van der Waals surface area contributed by atoms with E-state index in [2.05, 4.69) is 34.0 Å². The molecule has 0 aliphatic carbocycles. The van der Waals surface area contributed by atoms with Crippen LogP contribution in [-0.2, 0) is 9.84 Å². The predicted molar refractivity (Wildman–Crippen MR) is 91.7 cm³/mol. The van der Waals surface area contributed by atoms with Gasteiger partial charge in [-0.15, -0.1) is 0 Å². The third-order valence-corrected chi connectivity index (χ3v) is 6.10. The number of rotatable bonds is 4. The molecule has 2 atom stereocenters. The summed E-state index contributed by atoms with van der Waals surface area (Å²) in [5.41, 5.74) is 0. The Morgan fingerprint density at radius 3 is 2.96 bits per heavy atom. The number of nitrogens with zero attached hydrogens (tertiary/aromatic N) is 4. The van der Waals surface area contributed by atoms with E-state index in [-0.39, 0.29) is 23.6 Å². The van der Waals surface area contributed by atoms with Gasteiger partial charge in [0, 0.05) is 38.9 Å². The third kappa shape index (κ3) is 3.58. The van der Waals surface area contributed by atoms with Crippen molar-refractivity contribution in [3.8, 4) is 0 Å². The Bertz CT molecular complexity index is 664. The highest BCUT2D eigenvalue weighted by molar-refractivity contribution is 7.91. The summed E-state index contributed by atoms with van der Waals surface area (Å²) >= 11 is 0. The minimum Gasteiger partial charge on any atom is -0.350 e. The number of anilines is 2. The van der Waals surface area contributed by atoms with Gasteiger partial charge < -0.3 is 15.1 Å². The molecule has 1 aromatic heterocycles. The highest BCUT2D eigenvalue weighted by Crippen LogP contribution is 2.26. The third-order valence-electron chi connectivity index (χ3n) is 4.39. The van der Waals surface area contributed by atoms with Gasteiger partial charge >= 0.3 is 0 Å². The Kier molecular flexibility index (Phi) is 4.46. The molecule has 2 aliphatic rings. The minimum atomic E-state index is -2.97. The smallest absolute Gasteiger partial charge is 0.227 e. The maximum Gasteiger partial charge on any atom is 0.227 e. The van der Waals surface area contributed by atoms with Crippen LogP contribution in [0.5, 0.6) is 0 Å². The summed E-state index contributed by atoms with van der Waals surface area (Å²) in [6.45, 7) is 6.74. The van der Waals surface area contributed by atoms with E-state index in [9.17, 15) is 8.42 Å². The van der Waals surface area contributed by atoms with Crippen LogP contribution in [0.25, 0.3) is 0 Å². The van der Waals surface area contributed by atoms with Crippen LogP contribution in [0.2, 0.25) is 0 Å². The highest BCUT2D eigenvalue weighted by Gasteiger charge is 2.43. The topological polar surface area (TPSA) is 78.4 Å². The van der Waals surface area contributed by atoms with Gasteiger partial charge in [-0.25, -0.2) is 13.4 Å². The van der Waals surface area contributed by atoms with E-state index in [1.54, 1.807) is 6.20 Å². The molecule has 0 saturated carbocycles. The molecule has 1 aromatic rings. The monoisotopic (exact) mass is 339 g/mol. The fourth-order valence-corrected chi connectivity index (χ4v) is 5.42. The second-order valence-electron chi connectivity index (χ2n) is 6.89. The summed E-state index contributed by atoms with van der Waals surface area (Å²) in [5.74, 6) is 2.45. The first-order chi connectivity index (χ1) is 10.9. The molecule has 0 bridgehead atoms. The van der Waals surface area contributed by atoms with Gasteiger partial charge in [-0.2, -0.15) is 4.98 Å². The second-order valence-corrected chi connectivity index (χ2v) is 9.04. The van der Waals surface area contributed by atoms with Gasteiger partial charge in [0.1, 0.15) is 5.82 Å². The number of nitrogens with one attached hydrogen (secondary N) is 1. The lowest BCUT2D eigenvalue weighted by molar-refractivity contribution is 0.422. The van der Waals surface area contributed by atoms with Crippen molar-refractivity contribution in [2.45, 2.75) is 25.9 Å². The van der Waals surface area contributed by atoms with Crippen LogP contribution in [0, 0.1) is 5.92 Å². The largest absolute Gasteiger partial charge is 0.350 e. The van der Waals surface area contributed by atoms with Gasteiger partial charge in [0.15, 0.2) is 9.84 Å². The molecule has 128 valence electrons. The van der Waals surface area contributed by atoms with E-state index in [0.29, 0.717) is 11.9 Å². The van der Waals surface area contributed by atoms with Crippen molar-refractivity contribution in [2.24, 2.45) is 5.92 Å². The summed E-state index contributed by atoms with van der Waals surface area (Å²) in [6.07, 6.45) is 1.76. The van der Waals surface area contributed by atoms with Gasteiger partial charge in [0.05, 0.1) is 17.5 Å². The zero-order chi connectivity index (χ0) is 16.6. The molecular weight excluding hydrogens is 314 g/mol. The van der Waals surface area contributed by atoms with Gasteiger partial charge in [-0.3, -0.25) is 0 Å². The van der Waals surface area contributed by atoms with Crippen LogP contribution in [-0.4, -0.2) is 68.7 Å². The Hall–Kier alpha value is -1.41. The molecule has 8 heteroatoms. The lowest BCUT2D eigenvalue weighted by Crippen LogP contribution is -2.57. The van der Waals surface area contributed by atoms with Crippen LogP contribution < -0.4 is 15.1 Å². The molecule has 0 amide bonds. The van der Waals surface area contributed by atoms with Gasteiger partial charge in [0.2, 0.25) is 5.95 Å². The average molecular weight is 339 g/mol. The number of sulfone groups is 1. The molecule has 0 spiro atoms. The molecule has 0 radical (unpaired) electrons. The standard InChI is InChI=1S/C15H25N5O2S/c1-11(2)8-19(3)15-17-5-4-14(18-15)20-7-6-16-12-9-23(21,22)10-13(12)20/h4-5,11-13,16H,6-10H2,1-3H3/t12-,13+/m1/s1. The van der Waals surface area contributed by atoms with Crippen molar-refractivity contribution in [1.29, 1.82) is 0 Å². The Balaban J connectivity index is 1.83. The number of hydrogen-bond donors (Lipinski definition) is 1. The number of aromatic nitrogens is 2. The van der Waals surface area contributed by atoms with E-state index in [0.717, 1.165) is 25.5 Å². The van der Waals surface area contributed by atoms with Crippen molar-refractivity contribution >= 4 is 21.6 Å². The minimum absolute atomic E-state index is 0.000518. The molecule has 2 aliphatic heterocycles. The molecular formula is C15H25N5O2S. The first kappa shape index (κ1) is 16.4. The normalized spacial score (nSPS) is 26.3. The average Bonchev–Trinajstić information content (AvgIpc) is 2.80. The molecule has 3 rings (SSSR count). The van der Waals surface area contributed by atoms with E-state index < -0.39 is 9.84 Å². The van der Waals surface area contributed by atoms with Crippen molar-refractivity contribution in [3.05, 3.63) is 12.3 Å². The molecule has 7 nitrogen and oxygen atoms in total. The summed E-state index contributed by atoms with van der Waals surface area (Å²) in [5, 5.41) is 3.33. The summed E-state index contributed by atoms with van der Waals surface area (Å²) < 4.78 is 23.9. The van der Waals surface area contributed by atoms with Crippen molar-refractivity contribution in [3.63, 3.8) is 0 Å². The summed E-state index contributed by atoms with van der Waals surface area (Å²) in [7, 11) is -0.984. The maximum atomic E-state index is 12.0. The van der Waals surface area contributed by atoms with Crippen LogP contribution in [0.1, 0.15) is 13.8 Å². The molecule has 0 aromatic carbocycles. The highest BCUT2D eigenvalue weighted by atomic mass is 32.2. The Morgan fingerprint density at radius 1 is 1.43 bits per heavy atom. The first-order valence-corrected chi connectivity index (χ1v) is 9.92. The van der Waals surface area contributed by atoms with Crippen LogP contribution in [0.4, 0.5) is 11.8 Å². The maximum absolute atomic E-state index is 12.0. The van der Waals surface area contributed by atoms with E-state index in [1.807, 2.05) is 18.0 Å². The van der Waals surface area contributed by atoms with Crippen LogP contribution in [0.15, 0.2) is 12.3 Å². The van der Waals surface area contributed by atoms with Gasteiger partial charge in [0.25, 0.3) is 0 Å². The zero-order valence-electron chi connectivity index (χ0n) is 13.9. The molecule has 2 fully saturated rings. The fraction of sp³-hybridized carbons (Fsp3) is 0.733. The summed E-state index contributed by atoms with van der Waals surface area (Å²) in [6, 6.07) is 1.84. The van der Waals surface area contributed by atoms with Gasteiger partial charge in [-0.1, -0.05) is 13.8 Å². The Labute approximate surface area is 138 Å². The van der Waals surface area contributed by atoms with Crippen molar-refractivity contribution < 1.29 is 8.42 Å². The van der Waals surface area contributed by atoms with Gasteiger partial charge in [-0.05, 0) is 12.0 Å². The zero-order valence-corrected chi connectivity index (χ0v) is 14.8. The summed E-state index contributed by atoms with van der Waals surface area (Å²) in [4.78, 5) is 13.2. The molecule has 0 unspecified atom stereocenters. The first-order valence-electron chi connectivity index (χ1n) is 8.10. The van der Waals surface area contributed by atoms with Crippen LogP contribution >= 0.6 is 0 Å². The molecule has 3 heterocycles. The van der Waals surface area contributed by atoms with E-state index in [4.69, 9.17) is 0 Å². The van der Waals surface area contributed by atoms with E-state index >= 15 is 0 Å². The fourth-order valence-electron chi connectivity index (χ4n) is 3.46. The van der Waals surface area contributed by atoms with Crippen LogP contribution in [0.3, 0.4) is 0 Å². The quantitative estimate of drug-likeness (QED) is 0.836. The second kappa shape index (κ2) is 6.24. The molecule has 2 saturated heterocycles. The predicted octanol–water partition coefficient (Wildman–Crippen LogP) is 0.144. The SMILES string of the molecule is CC(C)CN(C)c1nccc(N2CCN[C@@H]3CS(=O)(=O)C[C@@H]32)n1. The molecule has 1 N–H and O–H groups in total.